The molecule has 0 atom stereocenters. The van der Waals surface area contributed by atoms with E-state index in [1.807, 2.05) is 22.0 Å². The monoisotopic (exact) mass is 397 g/mol. The summed E-state index contributed by atoms with van der Waals surface area (Å²) in [4.78, 5) is 31.0. The molecule has 0 aliphatic rings. The molecule has 136 valence electrons. The summed E-state index contributed by atoms with van der Waals surface area (Å²) in [6, 6.07) is 8.45. The van der Waals surface area contributed by atoms with Crippen molar-refractivity contribution in [1.82, 2.24) is 14.7 Å². The van der Waals surface area contributed by atoms with Crippen molar-refractivity contribution in [2.45, 2.75) is 0 Å². The third-order valence-corrected chi connectivity index (χ3v) is 5.54. The normalized spacial score (nSPS) is 10.8. The zero-order valence-electron chi connectivity index (χ0n) is 14.1. The molecular formula is C18H15N5O2S2. The molecule has 0 spiro atoms. The van der Waals surface area contributed by atoms with Gasteiger partial charge in [0.15, 0.2) is 4.96 Å². The number of rotatable bonds is 5. The Bertz CT molecular complexity index is 1140. The van der Waals surface area contributed by atoms with Crippen molar-refractivity contribution in [3.63, 3.8) is 0 Å². The molecule has 3 heterocycles. The minimum atomic E-state index is -0.311. The van der Waals surface area contributed by atoms with E-state index < -0.39 is 0 Å². The Kier molecular flexibility index (Phi) is 4.61. The molecule has 0 aliphatic carbocycles. The van der Waals surface area contributed by atoms with Gasteiger partial charge in [-0.25, -0.2) is 9.78 Å². The van der Waals surface area contributed by atoms with E-state index in [0.29, 0.717) is 22.8 Å². The predicted molar refractivity (Wildman–Crippen MR) is 110 cm³/mol. The number of carbonyl (C=O) groups is 2. The van der Waals surface area contributed by atoms with E-state index in [9.17, 15) is 9.59 Å². The number of anilines is 2. The molecule has 9 heteroatoms. The van der Waals surface area contributed by atoms with Crippen molar-refractivity contribution in [1.29, 1.82) is 0 Å². The van der Waals surface area contributed by atoms with Crippen LogP contribution in [-0.4, -0.2) is 27.9 Å². The van der Waals surface area contributed by atoms with Crippen LogP contribution in [0, 0.1) is 0 Å². The molecule has 3 aromatic heterocycles. The number of hydrogen-bond donors (Lipinski definition) is 3. The molecule has 4 rings (SSSR count). The highest BCUT2D eigenvalue weighted by atomic mass is 32.1. The van der Waals surface area contributed by atoms with Gasteiger partial charge in [0.05, 0.1) is 10.4 Å². The van der Waals surface area contributed by atoms with Gasteiger partial charge in [0, 0.05) is 29.5 Å². The molecule has 0 fully saturated rings. The van der Waals surface area contributed by atoms with Gasteiger partial charge in [0.1, 0.15) is 4.83 Å². The van der Waals surface area contributed by atoms with Crippen molar-refractivity contribution < 1.29 is 9.59 Å². The minimum absolute atomic E-state index is 0.189. The molecule has 0 aliphatic heterocycles. The lowest BCUT2D eigenvalue weighted by molar-refractivity contribution is 0.103. The topological polar surface area (TPSA) is 87.5 Å². The van der Waals surface area contributed by atoms with Crippen molar-refractivity contribution in [2.24, 2.45) is 0 Å². The fourth-order valence-electron chi connectivity index (χ4n) is 2.53. The average Bonchev–Trinajstić information content (AvgIpc) is 3.33. The number of thiophene rings is 1. The Hall–Kier alpha value is -3.17. The van der Waals surface area contributed by atoms with Crippen LogP contribution >= 0.6 is 22.7 Å². The first kappa shape index (κ1) is 17.3. The summed E-state index contributed by atoms with van der Waals surface area (Å²) >= 11 is 2.93. The van der Waals surface area contributed by atoms with E-state index in [0.717, 1.165) is 15.3 Å². The molecule has 3 N–H and O–H groups in total. The highest BCUT2D eigenvalue weighted by molar-refractivity contribution is 7.21. The molecule has 7 nitrogen and oxygen atoms in total. The second-order valence-electron chi connectivity index (χ2n) is 5.62. The largest absolute Gasteiger partial charge is 0.334 e. The molecule has 0 bridgehead atoms. The van der Waals surface area contributed by atoms with Crippen molar-refractivity contribution in [2.75, 3.05) is 17.2 Å². The number of amides is 3. The lowest BCUT2D eigenvalue weighted by Crippen LogP contribution is -2.28. The summed E-state index contributed by atoms with van der Waals surface area (Å²) < 4.78 is 1.98. The number of imidazole rings is 1. The molecule has 27 heavy (non-hydrogen) atoms. The quantitative estimate of drug-likeness (QED) is 0.442. The van der Waals surface area contributed by atoms with Crippen molar-refractivity contribution in [3.8, 4) is 0 Å². The first-order valence-corrected chi connectivity index (χ1v) is 9.76. The van der Waals surface area contributed by atoms with Crippen LogP contribution in [0.1, 0.15) is 9.67 Å². The second-order valence-corrected chi connectivity index (χ2v) is 7.53. The highest BCUT2D eigenvalue weighted by Gasteiger charge is 2.15. The second kappa shape index (κ2) is 7.22. The minimum Gasteiger partial charge on any atom is -0.334 e. The summed E-state index contributed by atoms with van der Waals surface area (Å²) in [5.74, 6) is -0.189. The predicted octanol–water partition coefficient (Wildman–Crippen LogP) is 4.17. The van der Waals surface area contributed by atoms with Crippen LogP contribution in [-0.2, 0) is 0 Å². The molecule has 0 radical (unpaired) electrons. The van der Waals surface area contributed by atoms with Crippen LogP contribution in [0.3, 0.4) is 0 Å². The fourth-order valence-corrected chi connectivity index (χ4v) is 4.22. The molecule has 0 unspecified atom stereocenters. The maximum Gasteiger partial charge on any atom is 0.319 e. The summed E-state index contributed by atoms with van der Waals surface area (Å²) in [6.45, 7) is 3.93. The van der Waals surface area contributed by atoms with Crippen LogP contribution in [0.5, 0.6) is 0 Å². The summed E-state index contributed by atoms with van der Waals surface area (Å²) in [7, 11) is 0. The summed E-state index contributed by atoms with van der Waals surface area (Å²) in [5, 5.41) is 10.2. The first-order valence-electron chi connectivity index (χ1n) is 8.06. The molecule has 3 amide bonds. The van der Waals surface area contributed by atoms with Crippen LogP contribution in [0.2, 0.25) is 0 Å². The number of benzene rings is 1. The third-order valence-electron chi connectivity index (χ3n) is 3.77. The number of aromatic nitrogens is 2. The van der Waals surface area contributed by atoms with Gasteiger partial charge in [-0.05, 0) is 30.3 Å². The number of carbonyl (C=O) groups excluding carboxylic acids is 2. The van der Waals surface area contributed by atoms with Crippen molar-refractivity contribution in [3.05, 3.63) is 59.4 Å². The Morgan fingerprint density at radius 3 is 2.67 bits per heavy atom. The van der Waals surface area contributed by atoms with Gasteiger partial charge in [-0.2, -0.15) is 0 Å². The van der Waals surface area contributed by atoms with Gasteiger partial charge in [0.25, 0.3) is 5.91 Å². The van der Waals surface area contributed by atoms with Gasteiger partial charge < -0.3 is 16.0 Å². The average molecular weight is 397 g/mol. The van der Waals surface area contributed by atoms with Crippen LogP contribution < -0.4 is 16.0 Å². The Balaban J connectivity index is 1.43. The molecule has 1 aromatic carbocycles. The molecular weight excluding hydrogens is 382 g/mol. The smallest absolute Gasteiger partial charge is 0.319 e. The van der Waals surface area contributed by atoms with E-state index in [2.05, 4.69) is 27.5 Å². The number of fused-ring (bicyclic) bond motifs is 3. The Labute approximate surface area is 162 Å². The number of urea groups is 1. The first-order chi connectivity index (χ1) is 13.1. The lowest BCUT2D eigenvalue weighted by Gasteiger charge is -2.07. The maximum absolute atomic E-state index is 12.5. The number of thiazole rings is 1. The van der Waals surface area contributed by atoms with Gasteiger partial charge in [-0.15, -0.1) is 29.3 Å². The van der Waals surface area contributed by atoms with Gasteiger partial charge in [0.2, 0.25) is 0 Å². The number of nitrogens with one attached hydrogen (secondary N) is 3. The van der Waals surface area contributed by atoms with Gasteiger partial charge in [-0.1, -0.05) is 6.08 Å². The summed E-state index contributed by atoms with van der Waals surface area (Å²) in [5.41, 5.74) is 2.21. The summed E-state index contributed by atoms with van der Waals surface area (Å²) in [6.07, 6.45) is 3.55. The SMILES string of the molecule is C=CCNC(=O)Nc1ccc(NC(=O)c2cc3c(nc4sccn43)s2)cc1. The Morgan fingerprint density at radius 1 is 1.19 bits per heavy atom. The molecule has 0 saturated heterocycles. The van der Waals surface area contributed by atoms with Gasteiger partial charge >= 0.3 is 6.03 Å². The van der Waals surface area contributed by atoms with Crippen LogP contribution in [0.4, 0.5) is 16.2 Å². The van der Waals surface area contributed by atoms with E-state index in [1.54, 1.807) is 41.7 Å². The Morgan fingerprint density at radius 2 is 1.93 bits per heavy atom. The maximum atomic E-state index is 12.5. The van der Waals surface area contributed by atoms with Gasteiger partial charge in [-0.3, -0.25) is 9.20 Å². The fraction of sp³-hybridized carbons (Fsp3) is 0.0556. The lowest BCUT2D eigenvalue weighted by atomic mass is 10.2. The third kappa shape index (κ3) is 3.55. The highest BCUT2D eigenvalue weighted by Crippen LogP contribution is 2.28. The van der Waals surface area contributed by atoms with Crippen LogP contribution in [0.15, 0.2) is 54.6 Å². The van der Waals surface area contributed by atoms with E-state index in [1.165, 1.54) is 11.3 Å². The number of nitrogens with zero attached hydrogens (tertiary/aromatic N) is 2. The number of hydrogen-bond acceptors (Lipinski definition) is 5. The zero-order chi connectivity index (χ0) is 18.8. The van der Waals surface area contributed by atoms with E-state index in [-0.39, 0.29) is 11.9 Å². The van der Waals surface area contributed by atoms with E-state index in [4.69, 9.17) is 0 Å². The van der Waals surface area contributed by atoms with Crippen LogP contribution in [0.25, 0.3) is 15.3 Å². The molecule has 4 aromatic rings. The molecule has 0 saturated carbocycles. The zero-order valence-corrected chi connectivity index (χ0v) is 15.7. The van der Waals surface area contributed by atoms with Crippen molar-refractivity contribution >= 4 is 61.3 Å². The van der Waals surface area contributed by atoms with E-state index >= 15 is 0 Å². The standard InChI is InChI=1S/C18H15N5O2S2/c1-2-7-19-17(25)21-12-5-3-11(4-6-12)20-15(24)14-10-13-16(27-14)22-18-23(13)8-9-26-18/h2-6,8-10H,1,7H2,(H,20,24)(H2,19,21,25).